The molecular formula is C29H23F5N6O4S. The Balaban J connectivity index is 1.32. The number of aromatic nitrogens is 3. The molecule has 1 atom stereocenters. The predicted molar refractivity (Wildman–Crippen MR) is 155 cm³/mol. The topological polar surface area (TPSA) is 141 Å². The number of ether oxygens (including phenoxy) is 1. The molecule has 0 unspecified atom stereocenters. The molecule has 4 N–H and O–H groups in total. The van der Waals surface area contributed by atoms with Crippen LogP contribution in [0.3, 0.4) is 0 Å². The summed E-state index contributed by atoms with van der Waals surface area (Å²) in [5.41, 5.74) is 7.69. The number of carbonyl (C=O) groups is 1. The van der Waals surface area contributed by atoms with Crippen molar-refractivity contribution < 1.29 is 39.9 Å². The first-order valence-electron chi connectivity index (χ1n) is 13.0. The molecule has 16 heteroatoms. The third-order valence-corrected chi connectivity index (χ3v) is 7.55. The van der Waals surface area contributed by atoms with Crippen molar-refractivity contribution in [3.05, 3.63) is 96.2 Å². The molecule has 5 aromatic rings. The van der Waals surface area contributed by atoms with Gasteiger partial charge in [-0.3, -0.25) is 4.79 Å². The number of amides is 1. The fourth-order valence-electron chi connectivity index (χ4n) is 4.21. The van der Waals surface area contributed by atoms with E-state index in [9.17, 15) is 35.2 Å². The van der Waals surface area contributed by atoms with Gasteiger partial charge in [0.05, 0.1) is 10.6 Å². The molecule has 0 fully saturated rings. The zero-order valence-electron chi connectivity index (χ0n) is 23.1. The van der Waals surface area contributed by atoms with Crippen LogP contribution >= 0.6 is 0 Å². The Bertz CT molecular complexity index is 2000. The van der Waals surface area contributed by atoms with Crippen LogP contribution in [0.1, 0.15) is 11.6 Å². The minimum atomic E-state index is -4.66. The maximum Gasteiger partial charge on any atom is 0.422 e. The first-order chi connectivity index (χ1) is 21.2. The highest BCUT2D eigenvalue weighted by atomic mass is 32.2. The quantitative estimate of drug-likeness (QED) is 0.181. The molecule has 0 aliphatic carbocycles. The van der Waals surface area contributed by atoms with Gasteiger partial charge in [0.15, 0.2) is 33.7 Å². The van der Waals surface area contributed by atoms with Gasteiger partial charge < -0.3 is 21.1 Å². The molecule has 2 aromatic heterocycles. The summed E-state index contributed by atoms with van der Waals surface area (Å²) < 4.78 is 96.1. The zero-order valence-corrected chi connectivity index (χ0v) is 24.0. The van der Waals surface area contributed by atoms with Crippen molar-refractivity contribution in [1.82, 2.24) is 14.6 Å². The second kappa shape index (κ2) is 12.1. The lowest BCUT2D eigenvalue weighted by Gasteiger charge is -2.14. The Morgan fingerprint density at radius 1 is 1.02 bits per heavy atom. The smallest absolute Gasteiger partial charge is 0.422 e. The van der Waals surface area contributed by atoms with Gasteiger partial charge in [-0.2, -0.15) is 18.2 Å². The van der Waals surface area contributed by atoms with Gasteiger partial charge in [0.2, 0.25) is 11.9 Å². The maximum absolute atomic E-state index is 14.0. The number of pyridine rings is 1. The van der Waals surface area contributed by atoms with E-state index in [2.05, 4.69) is 20.7 Å². The summed E-state index contributed by atoms with van der Waals surface area (Å²) in [7, 11) is -3.72. The Labute approximate surface area is 252 Å². The summed E-state index contributed by atoms with van der Waals surface area (Å²) in [5, 5.41) is 9.63. The number of nitrogens with zero attached hydrogens (tertiary/aromatic N) is 3. The molecule has 10 nitrogen and oxygen atoms in total. The summed E-state index contributed by atoms with van der Waals surface area (Å²) >= 11 is 0. The van der Waals surface area contributed by atoms with Crippen molar-refractivity contribution in [3.63, 3.8) is 0 Å². The van der Waals surface area contributed by atoms with Crippen LogP contribution in [-0.4, -0.2) is 48.0 Å². The van der Waals surface area contributed by atoms with Gasteiger partial charge in [-0.05, 0) is 48.0 Å². The molecule has 1 amide bonds. The number of nitrogens with one attached hydrogen (secondary N) is 2. The van der Waals surface area contributed by atoms with Crippen LogP contribution in [0.5, 0.6) is 5.75 Å². The summed E-state index contributed by atoms with van der Waals surface area (Å²) in [6, 6.07) is 15.3. The highest BCUT2D eigenvalue weighted by Crippen LogP contribution is 2.32. The van der Waals surface area contributed by atoms with E-state index in [0.29, 0.717) is 22.5 Å². The number of fused-ring (bicyclic) bond motifs is 1. The molecule has 5 rings (SSSR count). The average molecular weight is 647 g/mol. The van der Waals surface area contributed by atoms with Gasteiger partial charge in [0, 0.05) is 35.3 Å². The fourth-order valence-corrected chi connectivity index (χ4v) is 4.85. The predicted octanol–water partition coefficient (Wildman–Crippen LogP) is 5.40. The van der Waals surface area contributed by atoms with Crippen LogP contribution in [0.15, 0.2) is 83.9 Å². The second-order valence-electron chi connectivity index (χ2n) is 9.80. The molecule has 234 valence electrons. The number of hydrogen-bond donors (Lipinski definition) is 3. The number of benzene rings is 3. The van der Waals surface area contributed by atoms with Crippen molar-refractivity contribution in [2.24, 2.45) is 5.73 Å². The monoisotopic (exact) mass is 646 g/mol. The van der Waals surface area contributed by atoms with Crippen molar-refractivity contribution in [2.75, 3.05) is 23.5 Å². The number of rotatable bonds is 9. The van der Waals surface area contributed by atoms with Crippen LogP contribution < -0.4 is 21.1 Å². The largest absolute Gasteiger partial charge is 0.482 e. The maximum atomic E-state index is 14.0. The molecule has 0 spiro atoms. The van der Waals surface area contributed by atoms with Crippen molar-refractivity contribution >= 4 is 38.7 Å². The zero-order chi connectivity index (χ0) is 32.5. The minimum Gasteiger partial charge on any atom is -0.482 e. The van der Waals surface area contributed by atoms with Gasteiger partial charge in [-0.15, -0.1) is 5.10 Å². The van der Waals surface area contributed by atoms with Crippen LogP contribution in [0.25, 0.3) is 16.8 Å². The molecule has 0 aliphatic heterocycles. The van der Waals surface area contributed by atoms with Gasteiger partial charge in [-0.25, -0.2) is 21.7 Å². The van der Waals surface area contributed by atoms with Crippen molar-refractivity contribution in [1.29, 1.82) is 0 Å². The van der Waals surface area contributed by atoms with E-state index in [1.54, 1.807) is 42.6 Å². The minimum absolute atomic E-state index is 0.000229. The molecule has 2 heterocycles. The number of alkyl halides is 3. The van der Waals surface area contributed by atoms with Gasteiger partial charge in [0.25, 0.3) is 0 Å². The summed E-state index contributed by atoms with van der Waals surface area (Å²) in [6.45, 7) is -1.64. The summed E-state index contributed by atoms with van der Waals surface area (Å²) in [5.74, 6) is -3.41. The van der Waals surface area contributed by atoms with Crippen LogP contribution in [-0.2, 0) is 14.6 Å². The number of nitrogens with two attached hydrogens (primary N) is 1. The van der Waals surface area contributed by atoms with Crippen LogP contribution in [0.4, 0.5) is 39.3 Å². The van der Waals surface area contributed by atoms with Gasteiger partial charge in [0.1, 0.15) is 11.8 Å². The number of hydrogen-bond acceptors (Lipinski definition) is 8. The number of carbonyl (C=O) groups excluding carboxylic acids is 1. The van der Waals surface area contributed by atoms with Crippen molar-refractivity contribution in [2.45, 2.75) is 17.1 Å². The second-order valence-corrected chi connectivity index (χ2v) is 11.8. The van der Waals surface area contributed by atoms with E-state index in [-0.39, 0.29) is 27.8 Å². The van der Waals surface area contributed by atoms with Crippen LogP contribution in [0, 0.1) is 11.6 Å². The molecule has 0 saturated carbocycles. The summed E-state index contributed by atoms with van der Waals surface area (Å²) in [4.78, 5) is 16.6. The molecule has 0 bridgehead atoms. The van der Waals surface area contributed by atoms with Gasteiger partial charge >= 0.3 is 6.18 Å². The third-order valence-electron chi connectivity index (χ3n) is 6.43. The van der Waals surface area contributed by atoms with E-state index >= 15 is 0 Å². The molecular weight excluding hydrogens is 623 g/mol. The fraction of sp³-hybridized carbons (Fsp3) is 0.138. The molecule has 0 radical (unpaired) electrons. The van der Waals surface area contributed by atoms with Crippen LogP contribution in [0.2, 0.25) is 0 Å². The molecule has 0 saturated heterocycles. The van der Waals surface area contributed by atoms with E-state index in [4.69, 9.17) is 10.5 Å². The van der Waals surface area contributed by atoms with E-state index in [0.717, 1.165) is 18.4 Å². The molecule has 3 aromatic carbocycles. The first kappa shape index (κ1) is 31.3. The van der Waals surface area contributed by atoms with E-state index in [1.807, 2.05) is 0 Å². The first-order valence-corrected chi connectivity index (χ1v) is 14.8. The number of sulfone groups is 1. The molecule has 45 heavy (non-hydrogen) atoms. The number of halogens is 5. The Morgan fingerprint density at radius 3 is 2.42 bits per heavy atom. The molecule has 0 aliphatic rings. The van der Waals surface area contributed by atoms with E-state index in [1.165, 1.54) is 28.8 Å². The standard InChI is InChI=1S/C29H23F5N6O4S/c1-45(42,43)19-10-11-22(23(13-19)44-15-29(32,33)34)37-28-38-24-12-7-17(14-40(24)39-28)16-5-8-18(9-6-16)36-27(41)26(35)20-3-2-4-21(30)25(20)31/h2-14,26H,15,35H2,1H3,(H,36,41)(H,37,39)/t26-/m0/s1. The highest BCUT2D eigenvalue weighted by Gasteiger charge is 2.29. The normalized spacial score (nSPS) is 12.6. The third kappa shape index (κ3) is 7.35. The summed E-state index contributed by atoms with van der Waals surface area (Å²) in [6.07, 6.45) is -2.10. The lowest BCUT2D eigenvalue weighted by atomic mass is 10.1. The van der Waals surface area contributed by atoms with Gasteiger partial charge in [-0.1, -0.05) is 24.3 Å². The SMILES string of the molecule is CS(=O)(=O)c1ccc(Nc2nc3ccc(-c4ccc(NC(=O)[C@@H](N)c5cccc(F)c5F)cc4)cn3n2)c(OCC(F)(F)F)c1. The number of anilines is 3. The lowest BCUT2D eigenvalue weighted by Crippen LogP contribution is -2.28. The Hall–Kier alpha value is -5.09. The Kier molecular flexibility index (Phi) is 8.44. The average Bonchev–Trinajstić information content (AvgIpc) is 3.38. The Morgan fingerprint density at radius 2 is 1.73 bits per heavy atom. The highest BCUT2D eigenvalue weighted by molar-refractivity contribution is 7.90. The lowest BCUT2D eigenvalue weighted by molar-refractivity contribution is -0.153. The van der Waals surface area contributed by atoms with Crippen molar-refractivity contribution in [3.8, 4) is 16.9 Å². The van der Waals surface area contributed by atoms with E-state index < -0.39 is 46.2 Å².